The van der Waals surface area contributed by atoms with E-state index < -0.39 is 10.9 Å². The van der Waals surface area contributed by atoms with Crippen LogP contribution in [0.1, 0.15) is 21.9 Å². The molecule has 3 rings (SSSR count). The number of hydrogen-bond acceptors (Lipinski definition) is 7. The van der Waals surface area contributed by atoms with Gasteiger partial charge in [-0.15, -0.1) is 5.10 Å². The molecule has 116 valence electrons. The van der Waals surface area contributed by atoms with Crippen molar-refractivity contribution >= 4 is 17.4 Å². The lowest BCUT2D eigenvalue weighted by Gasteiger charge is -2.02. The third-order valence-corrected chi connectivity index (χ3v) is 3.05. The first-order chi connectivity index (χ1) is 11.0. The summed E-state index contributed by atoms with van der Waals surface area (Å²) < 4.78 is 6.48. The van der Waals surface area contributed by atoms with Crippen LogP contribution in [-0.4, -0.2) is 30.5 Å². The third kappa shape index (κ3) is 3.12. The third-order valence-electron chi connectivity index (χ3n) is 3.05. The molecule has 0 aliphatic heterocycles. The molecular weight excluding hydrogens is 302 g/mol. The van der Waals surface area contributed by atoms with Crippen molar-refractivity contribution in [3.05, 3.63) is 63.7 Å². The summed E-state index contributed by atoms with van der Waals surface area (Å²) in [5, 5.41) is 14.6. The minimum atomic E-state index is -0.688. The largest absolute Gasteiger partial charge is 0.455 e. The fraction of sp³-hybridized carbons (Fsp3) is 0.143. The van der Waals surface area contributed by atoms with Gasteiger partial charge in [0.1, 0.15) is 6.61 Å². The van der Waals surface area contributed by atoms with Gasteiger partial charge >= 0.3 is 5.97 Å². The van der Waals surface area contributed by atoms with Crippen LogP contribution in [0.5, 0.6) is 0 Å². The first-order valence-electron chi connectivity index (χ1n) is 6.63. The van der Waals surface area contributed by atoms with Gasteiger partial charge in [-0.25, -0.2) is 14.3 Å². The summed E-state index contributed by atoms with van der Waals surface area (Å²) in [5.74, 6) is -0.469. The van der Waals surface area contributed by atoms with Crippen molar-refractivity contribution in [3.8, 4) is 0 Å². The molecule has 0 N–H and O–H groups in total. The molecular formula is C14H11N5O4. The fourth-order valence-electron chi connectivity index (χ4n) is 1.88. The van der Waals surface area contributed by atoms with Crippen molar-refractivity contribution in [3.63, 3.8) is 0 Å². The van der Waals surface area contributed by atoms with Crippen LogP contribution in [0.3, 0.4) is 0 Å². The number of hydrogen-bond donors (Lipinski definition) is 0. The highest BCUT2D eigenvalue weighted by atomic mass is 16.6. The molecule has 0 radical (unpaired) electrons. The zero-order chi connectivity index (χ0) is 16.4. The van der Waals surface area contributed by atoms with Crippen molar-refractivity contribution in [2.75, 3.05) is 0 Å². The van der Waals surface area contributed by atoms with Gasteiger partial charge < -0.3 is 4.74 Å². The summed E-state index contributed by atoms with van der Waals surface area (Å²) in [6.45, 7) is 1.78. The van der Waals surface area contributed by atoms with Gasteiger partial charge in [0.2, 0.25) is 0 Å². The minimum absolute atomic E-state index is 0.0245. The Labute approximate surface area is 129 Å². The number of nitrogens with zero attached hydrogens (tertiary/aromatic N) is 5. The van der Waals surface area contributed by atoms with Crippen molar-refractivity contribution < 1.29 is 14.5 Å². The van der Waals surface area contributed by atoms with E-state index in [-0.39, 0.29) is 18.1 Å². The first kappa shape index (κ1) is 14.6. The van der Waals surface area contributed by atoms with Crippen LogP contribution < -0.4 is 0 Å². The number of fused-ring (bicyclic) bond motifs is 1. The Hall–Kier alpha value is -3.36. The van der Waals surface area contributed by atoms with E-state index in [4.69, 9.17) is 4.74 Å². The Morgan fingerprint density at radius 2 is 2.00 bits per heavy atom. The molecule has 0 bridgehead atoms. The topological polar surface area (TPSA) is 113 Å². The molecule has 0 saturated carbocycles. The van der Waals surface area contributed by atoms with E-state index in [2.05, 4.69) is 15.1 Å². The van der Waals surface area contributed by atoms with Gasteiger partial charge in [0.25, 0.3) is 17.3 Å². The predicted octanol–water partition coefficient (Wildman–Crippen LogP) is 1.70. The molecule has 9 nitrogen and oxygen atoms in total. The lowest BCUT2D eigenvalue weighted by atomic mass is 10.2. The van der Waals surface area contributed by atoms with Gasteiger partial charge in [-0.05, 0) is 30.7 Å². The second-order valence-electron chi connectivity index (χ2n) is 4.75. The summed E-state index contributed by atoms with van der Waals surface area (Å²) in [6, 6.07) is 7.48. The van der Waals surface area contributed by atoms with Crippen molar-refractivity contribution in [2.24, 2.45) is 0 Å². The highest BCUT2D eigenvalue weighted by Crippen LogP contribution is 2.13. The fourth-order valence-corrected chi connectivity index (χ4v) is 1.88. The van der Waals surface area contributed by atoms with Gasteiger partial charge in [-0.2, -0.15) is 4.98 Å². The predicted molar refractivity (Wildman–Crippen MR) is 77.7 cm³/mol. The van der Waals surface area contributed by atoms with E-state index in [1.165, 1.54) is 28.8 Å². The zero-order valence-electron chi connectivity index (χ0n) is 12.0. The molecule has 0 spiro atoms. The molecule has 0 atom stereocenters. The molecule has 9 heteroatoms. The molecule has 0 aliphatic rings. The maximum absolute atomic E-state index is 12.0. The van der Waals surface area contributed by atoms with Crippen LogP contribution in [-0.2, 0) is 11.3 Å². The van der Waals surface area contributed by atoms with Gasteiger partial charge in [0.15, 0.2) is 0 Å². The number of nitro groups is 1. The molecule has 23 heavy (non-hydrogen) atoms. The van der Waals surface area contributed by atoms with E-state index in [9.17, 15) is 14.9 Å². The average Bonchev–Trinajstić information content (AvgIpc) is 2.96. The van der Waals surface area contributed by atoms with Crippen LogP contribution in [0.15, 0.2) is 36.5 Å². The number of nitro benzene ring substituents is 1. The first-order valence-corrected chi connectivity index (χ1v) is 6.63. The van der Waals surface area contributed by atoms with E-state index in [0.29, 0.717) is 11.3 Å². The molecule has 3 aromatic rings. The highest BCUT2D eigenvalue weighted by molar-refractivity contribution is 5.85. The number of benzene rings is 1. The Bertz CT molecular complexity index is 888. The summed E-state index contributed by atoms with van der Waals surface area (Å²) >= 11 is 0. The Balaban J connectivity index is 1.69. The molecule has 0 unspecified atom stereocenters. The number of carbonyl (C=O) groups is 1. The molecule has 0 aliphatic carbocycles. The molecule has 0 fully saturated rings. The maximum atomic E-state index is 12.0. The van der Waals surface area contributed by atoms with Crippen molar-refractivity contribution in [1.29, 1.82) is 0 Å². The van der Waals surface area contributed by atoms with Crippen molar-refractivity contribution in [2.45, 2.75) is 13.5 Å². The second-order valence-corrected chi connectivity index (χ2v) is 4.75. The van der Waals surface area contributed by atoms with Crippen LogP contribution in [0.25, 0.3) is 5.78 Å². The van der Waals surface area contributed by atoms with E-state index in [0.717, 1.165) is 5.69 Å². The summed E-state index contributed by atoms with van der Waals surface area (Å²) in [5.41, 5.74) is 1.36. The summed E-state index contributed by atoms with van der Waals surface area (Å²) in [7, 11) is 0. The maximum Gasteiger partial charge on any atom is 0.378 e. The van der Waals surface area contributed by atoms with Crippen LogP contribution >= 0.6 is 0 Å². The second kappa shape index (κ2) is 5.79. The number of aryl methyl sites for hydroxylation is 1. The van der Waals surface area contributed by atoms with Crippen LogP contribution in [0, 0.1) is 17.0 Å². The van der Waals surface area contributed by atoms with Gasteiger partial charge in [-0.1, -0.05) is 0 Å². The standard InChI is InChI=1S/C14H11N5O4/c1-9-6-7-18-14(15-9)16-12(17-18)13(20)23-8-10-2-4-11(5-3-10)19(21)22/h2-7H,8H2,1H3. The number of aromatic nitrogens is 4. The minimum Gasteiger partial charge on any atom is -0.455 e. The zero-order valence-corrected chi connectivity index (χ0v) is 12.0. The molecule has 0 saturated heterocycles. The average molecular weight is 313 g/mol. The summed E-state index contributed by atoms with van der Waals surface area (Å²) in [4.78, 5) is 30.2. The lowest BCUT2D eigenvalue weighted by Crippen LogP contribution is -2.07. The van der Waals surface area contributed by atoms with E-state index in [1.807, 2.05) is 0 Å². The number of non-ortho nitro benzene ring substituents is 1. The van der Waals surface area contributed by atoms with Crippen LogP contribution in [0.2, 0.25) is 0 Å². The number of ether oxygens (including phenoxy) is 1. The number of esters is 1. The molecule has 0 amide bonds. The van der Waals surface area contributed by atoms with Crippen LogP contribution in [0.4, 0.5) is 5.69 Å². The SMILES string of the molecule is Cc1ccn2nc(C(=O)OCc3ccc([N+](=O)[O-])cc3)nc2n1. The molecule has 1 aromatic carbocycles. The van der Waals surface area contributed by atoms with E-state index >= 15 is 0 Å². The number of carbonyl (C=O) groups excluding carboxylic acids is 1. The summed E-state index contributed by atoms with van der Waals surface area (Å²) in [6.07, 6.45) is 1.65. The normalized spacial score (nSPS) is 10.7. The lowest BCUT2D eigenvalue weighted by molar-refractivity contribution is -0.384. The van der Waals surface area contributed by atoms with Gasteiger partial charge in [-0.3, -0.25) is 10.1 Å². The highest BCUT2D eigenvalue weighted by Gasteiger charge is 2.15. The monoisotopic (exact) mass is 313 g/mol. The Kier molecular flexibility index (Phi) is 3.67. The van der Waals surface area contributed by atoms with Gasteiger partial charge in [0, 0.05) is 24.0 Å². The van der Waals surface area contributed by atoms with Gasteiger partial charge in [0.05, 0.1) is 4.92 Å². The molecule has 2 heterocycles. The van der Waals surface area contributed by atoms with E-state index in [1.54, 1.807) is 19.2 Å². The number of rotatable bonds is 4. The quantitative estimate of drug-likeness (QED) is 0.409. The van der Waals surface area contributed by atoms with Crippen molar-refractivity contribution in [1.82, 2.24) is 19.6 Å². The Morgan fingerprint density at radius 1 is 1.26 bits per heavy atom. The smallest absolute Gasteiger partial charge is 0.378 e. The molecule has 2 aromatic heterocycles. The Morgan fingerprint density at radius 3 is 2.70 bits per heavy atom.